The first-order valence-electron chi connectivity index (χ1n) is 8.71. The quantitative estimate of drug-likeness (QED) is 0.206. The largest absolute Gasteiger partial charge is 0.503 e. The number of esters is 2. The highest BCUT2D eigenvalue weighted by Gasteiger charge is 2.49. The Hall–Kier alpha value is -3.96. The van der Waals surface area contributed by atoms with E-state index < -0.39 is 81.2 Å². The minimum absolute atomic E-state index is 0.104. The van der Waals surface area contributed by atoms with Gasteiger partial charge in [-0.25, -0.2) is 27.2 Å². The molecule has 0 atom stereocenters. The molecule has 176 valence electrons. The molecular formula is C21H14F6O6. The third-order valence-electron chi connectivity index (χ3n) is 4.64. The van der Waals surface area contributed by atoms with Crippen LogP contribution in [0.25, 0.3) is 0 Å². The summed E-state index contributed by atoms with van der Waals surface area (Å²) in [6.07, 6.45) is -1.51. The summed E-state index contributed by atoms with van der Waals surface area (Å²) in [5.74, 6) is -18.5. The van der Waals surface area contributed by atoms with Crippen molar-refractivity contribution < 1.29 is 55.6 Å². The maximum absolute atomic E-state index is 14.9. The summed E-state index contributed by atoms with van der Waals surface area (Å²) in [6.45, 7) is 6.79. The molecule has 2 rings (SSSR count). The number of ether oxygens (including phenoxy) is 2. The molecule has 0 aliphatic rings. The molecular weight excluding hydrogens is 462 g/mol. The maximum Gasteiger partial charge on any atom is 0.333 e. The zero-order valence-corrected chi connectivity index (χ0v) is 16.6. The van der Waals surface area contributed by atoms with Gasteiger partial charge in [0.1, 0.15) is 0 Å². The number of aromatic hydroxyl groups is 2. The Balaban J connectivity index is 3.04. The van der Waals surface area contributed by atoms with Crippen LogP contribution in [0.4, 0.5) is 26.3 Å². The topological polar surface area (TPSA) is 93.1 Å². The van der Waals surface area contributed by atoms with Crippen LogP contribution in [-0.2, 0) is 24.5 Å². The van der Waals surface area contributed by atoms with Crippen molar-refractivity contribution in [2.75, 3.05) is 0 Å². The highest BCUT2D eigenvalue weighted by Crippen LogP contribution is 2.44. The molecule has 0 aromatic heterocycles. The molecule has 2 N–H and O–H groups in total. The number of rotatable bonds is 7. The molecule has 0 saturated heterocycles. The van der Waals surface area contributed by atoms with E-state index in [4.69, 9.17) is 9.47 Å². The molecule has 0 fully saturated rings. The lowest BCUT2D eigenvalue weighted by Gasteiger charge is -2.37. The molecule has 33 heavy (non-hydrogen) atoms. The number of hydrogen-bond acceptors (Lipinski definition) is 6. The van der Waals surface area contributed by atoms with Gasteiger partial charge in [-0.05, 0) is 19.1 Å². The molecule has 0 spiro atoms. The SMILES string of the molecule is C=CC(=O)OC(OC(=O)C=C)C(C)(c1cc(F)c(O)c(F)c1F)c1cc(F)c(O)c(F)c1F. The Kier molecular flexibility index (Phi) is 7.10. The van der Waals surface area contributed by atoms with E-state index in [1.165, 1.54) is 0 Å². The summed E-state index contributed by atoms with van der Waals surface area (Å²) in [7, 11) is 0. The molecule has 6 nitrogen and oxygen atoms in total. The van der Waals surface area contributed by atoms with E-state index in [2.05, 4.69) is 13.2 Å². The fourth-order valence-electron chi connectivity index (χ4n) is 2.89. The second-order valence-electron chi connectivity index (χ2n) is 6.58. The molecule has 0 radical (unpaired) electrons. The van der Waals surface area contributed by atoms with Crippen LogP contribution in [0, 0.1) is 34.9 Å². The van der Waals surface area contributed by atoms with E-state index in [0.29, 0.717) is 19.1 Å². The minimum atomic E-state index is -2.92. The predicted molar refractivity (Wildman–Crippen MR) is 98.8 cm³/mol. The van der Waals surface area contributed by atoms with Crippen LogP contribution in [-0.4, -0.2) is 28.4 Å². The van der Waals surface area contributed by atoms with Crippen molar-refractivity contribution in [3.63, 3.8) is 0 Å². The zero-order chi connectivity index (χ0) is 25.2. The molecule has 2 aromatic rings. The Morgan fingerprint density at radius 2 is 1.15 bits per heavy atom. The first-order valence-corrected chi connectivity index (χ1v) is 8.71. The van der Waals surface area contributed by atoms with Gasteiger partial charge >= 0.3 is 11.9 Å². The molecule has 0 saturated carbocycles. The highest BCUT2D eigenvalue weighted by atomic mass is 19.2. The van der Waals surface area contributed by atoms with Crippen molar-refractivity contribution in [2.24, 2.45) is 0 Å². The minimum Gasteiger partial charge on any atom is -0.503 e. The Bertz CT molecular complexity index is 1080. The summed E-state index contributed by atoms with van der Waals surface area (Å²) in [5.41, 5.74) is -5.51. The molecule has 0 bridgehead atoms. The molecule has 2 aromatic carbocycles. The van der Waals surface area contributed by atoms with Crippen LogP contribution < -0.4 is 0 Å². The number of hydrogen-bond donors (Lipinski definition) is 2. The monoisotopic (exact) mass is 476 g/mol. The van der Waals surface area contributed by atoms with Gasteiger partial charge in [0.05, 0.1) is 5.41 Å². The summed E-state index contributed by atoms with van der Waals surface area (Å²) >= 11 is 0. The molecule has 0 amide bonds. The van der Waals surface area contributed by atoms with Gasteiger partial charge < -0.3 is 19.7 Å². The van der Waals surface area contributed by atoms with E-state index in [0.717, 1.165) is 0 Å². The van der Waals surface area contributed by atoms with Crippen molar-refractivity contribution in [2.45, 2.75) is 18.6 Å². The Labute approximate surface area is 182 Å². The van der Waals surface area contributed by atoms with Gasteiger partial charge in [0.15, 0.2) is 34.8 Å². The molecule has 0 unspecified atom stereocenters. The average molecular weight is 476 g/mol. The van der Waals surface area contributed by atoms with Crippen molar-refractivity contribution in [3.8, 4) is 11.5 Å². The lowest BCUT2D eigenvalue weighted by Crippen LogP contribution is -2.45. The summed E-state index contributed by atoms with van der Waals surface area (Å²) in [6, 6.07) is 0.207. The van der Waals surface area contributed by atoms with Gasteiger partial charge in [-0.1, -0.05) is 13.2 Å². The summed E-state index contributed by atoms with van der Waals surface area (Å²) < 4.78 is 95.8. The highest BCUT2D eigenvalue weighted by molar-refractivity contribution is 5.83. The summed E-state index contributed by atoms with van der Waals surface area (Å²) in [4.78, 5) is 23.7. The van der Waals surface area contributed by atoms with Crippen LogP contribution in [0.2, 0.25) is 0 Å². The van der Waals surface area contributed by atoms with Gasteiger partial charge in [-0.3, -0.25) is 0 Å². The smallest absolute Gasteiger partial charge is 0.333 e. The first-order chi connectivity index (χ1) is 15.3. The summed E-state index contributed by atoms with van der Waals surface area (Å²) in [5, 5.41) is 18.6. The fraction of sp³-hybridized carbons (Fsp3) is 0.143. The lowest BCUT2D eigenvalue weighted by atomic mass is 9.74. The first kappa shape index (κ1) is 25.3. The van der Waals surface area contributed by atoms with Gasteiger partial charge in [-0.15, -0.1) is 0 Å². The van der Waals surface area contributed by atoms with Crippen LogP contribution in [0.3, 0.4) is 0 Å². The van der Waals surface area contributed by atoms with Crippen LogP contribution >= 0.6 is 0 Å². The van der Waals surface area contributed by atoms with E-state index in [1.807, 2.05) is 0 Å². The standard InChI is InChI=1S/C21H14F6O6/c1-4-12(28)32-20(33-13(29)5-2)21(3,8-6-10(22)18(30)16(26)14(8)24)9-7-11(23)19(31)17(27)15(9)25/h4-7,20,30-31H,1-2H2,3H3. The van der Waals surface area contributed by atoms with Crippen molar-refractivity contribution in [1.29, 1.82) is 0 Å². The number of phenolic OH excluding ortho intramolecular Hbond substituents is 2. The number of carbonyl (C=O) groups is 2. The lowest BCUT2D eigenvalue weighted by molar-refractivity contribution is -0.191. The number of phenols is 2. The predicted octanol–water partition coefficient (Wildman–Crippen LogP) is 4.02. The number of benzene rings is 2. The second-order valence-corrected chi connectivity index (χ2v) is 6.58. The van der Waals surface area contributed by atoms with Gasteiger partial charge in [0, 0.05) is 23.3 Å². The van der Waals surface area contributed by atoms with Crippen molar-refractivity contribution in [3.05, 3.63) is 83.5 Å². The Morgan fingerprint density at radius 1 is 0.818 bits per heavy atom. The van der Waals surface area contributed by atoms with E-state index in [-0.39, 0.29) is 12.1 Å². The van der Waals surface area contributed by atoms with E-state index >= 15 is 0 Å². The third-order valence-corrected chi connectivity index (χ3v) is 4.64. The molecule has 0 heterocycles. The van der Waals surface area contributed by atoms with E-state index in [9.17, 15) is 46.1 Å². The van der Waals surface area contributed by atoms with Crippen molar-refractivity contribution in [1.82, 2.24) is 0 Å². The molecule has 0 aliphatic heterocycles. The number of halogens is 6. The van der Waals surface area contributed by atoms with Crippen LogP contribution in [0.1, 0.15) is 18.1 Å². The van der Waals surface area contributed by atoms with Crippen LogP contribution in [0.5, 0.6) is 11.5 Å². The fourth-order valence-corrected chi connectivity index (χ4v) is 2.89. The zero-order valence-electron chi connectivity index (χ0n) is 16.6. The molecule has 12 heteroatoms. The molecule has 0 aliphatic carbocycles. The normalized spacial score (nSPS) is 11.3. The average Bonchev–Trinajstić information content (AvgIpc) is 2.79. The van der Waals surface area contributed by atoms with E-state index in [1.54, 1.807) is 0 Å². The van der Waals surface area contributed by atoms with Gasteiger partial charge in [0.25, 0.3) is 6.29 Å². The maximum atomic E-state index is 14.9. The second kappa shape index (κ2) is 9.27. The number of carbonyl (C=O) groups excluding carboxylic acids is 2. The van der Waals surface area contributed by atoms with Gasteiger partial charge in [0.2, 0.25) is 11.6 Å². The van der Waals surface area contributed by atoms with Crippen molar-refractivity contribution >= 4 is 11.9 Å². The van der Waals surface area contributed by atoms with Gasteiger partial charge in [-0.2, -0.15) is 8.78 Å². The van der Waals surface area contributed by atoms with Crippen LogP contribution in [0.15, 0.2) is 37.4 Å². The third kappa shape index (κ3) is 4.36. The Morgan fingerprint density at radius 3 is 1.45 bits per heavy atom.